The zero-order chi connectivity index (χ0) is 27.0. The molecule has 5 rings (SSSR count). The van der Waals surface area contributed by atoms with Gasteiger partial charge in [0.1, 0.15) is 12.2 Å². The normalized spacial score (nSPS) is 24.2. The van der Waals surface area contributed by atoms with Gasteiger partial charge in [-0.05, 0) is 44.6 Å². The zero-order valence-corrected chi connectivity index (χ0v) is 22.0. The average Bonchev–Trinajstić information content (AvgIpc) is 3.31. The van der Waals surface area contributed by atoms with Crippen LogP contribution in [0.2, 0.25) is 0 Å². The minimum Gasteiger partial charge on any atom is -0.349 e. The summed E-state index contributed by atoms with van der Waals surface area (Å²) < 4.78 is 40.8. The first-order chi connectivity index (χ1) is 18.1. The molecule has 1 N–H and O–H groups in total. The van der Waals surface area contributed by atoms with Gasteiger partial charge in [-0.15, -0.1) is 0 Å². The van der Waals surface area contributed by atoms with E-state index in [1.807, 2.05) is 35.2 Å². The maximum absolute atomic E-state index is 12.8. The topological polar surface area (TPSA) is 70.5 Å². The summed E-state index contributed by atoms with van der Waals surface area (Å²) in [6.07, 6.45) is -0.512. The molecule has 2 aromatic rings. The van der Waals surface area contributed by atoms with Crippen LogP contribution in [0, 0.1) is 6.92 Å². The van der Waals surface area contributed by atoms with E-state index in [4.69, 9.17) is 4.98 Å². The lowest BCUT2D eigenvalue weighted by Gasteiger charge is -2.41. The lowest BCUT2D eigenvalue weighted by molar-refractivity contribution is -0.154. The number of halogens is 3. The van der Waals surface area contributed by atoms with E-state index in [0.29, 0.717) is 44.2 Å². The van der Waals surface area contributed by atoms with E-state index >= 15 is 0 Å². The molecule has 2 amide bonds. The maximum atomic E-state index is 12.8. The molecule has 4 heterocycles. The van der Waals surface area contributed by atoms with Crippen molar-refractivity contribution in [1.29, 1.82) is 0 Å². The second kappa shape index (κ2) is 10.7. The van der Waals surface area contributed by atoms with Gasteiger partial charge in [0.2, 0.25) is 11.8 Å². The first-order valence-electron chi connectivity index (χ1n) is 13.6. The number of carbonyl (C=O) groups is 2. The van der Waals surface area contributed by atoms with Crippen LogP contribution >= 0.6 is 0 Å². The number of hydrogen-bond donors (Lipinski definition) is 1. The van der Waals surface area contributed by atoms with Gasteiger partial charge in [0.15, 0.2) is 0 Å². The van der Waals surface area contributed by atoms with Crippen molar-refractivity contribution < 1.29 is 22.8 Å². The largest absolute Gasteiger partial charge is 0.397 e. The third-order valence-corrected chi connectivity index (χ3v) is 8.47. The number of imidazole rings is 1. The van der Waals surface area contributed by atoms with E-state index in [2.05, 4.69) is 21.7 Å². The molecule has 3 aliphatic heterocycles. The van der Waals surface area contributed by atoms with Crippen LogP contribution in [0.3, 0.4) is 0 Å². The van der Waals surface area contributed by atoms with Gasteiger partial charge < -0.3 is 14.8 Å². The molecule has 2 saturated heterocycles. The number of nitrogens with zero attached hydrogens (tertiary/aromatic N) is 4. The average molecular weight is 532 g/mol. The predicted molar refractivity (Wildman–Crippen MR) is 136 cm³/mol. The van der Waals surface area contributed by atoms with Crippen molar-refractivity contribution in [2.45, 2.75) is 95.7 Å². The maximum Gasteiger partial charge on any atom is 0.397 e. The summed E-state index contributed by atoms with van der Waals surface area (Å²) in [6.45, 7) is 5.71. The summed E-state index contributed by atoms with van der Waals surface area (Å²) in [4.78, 5) is 33.4. The van der Waals surface area contributed by atoms with Crippen LogP contribution in [0.25, 0.3) is 0 Å². The summed E-state index contributed by atoms with van der Waals surface area (Å²) >= 11 is 0. The minimum atomic E-state index is -4.53. The van der Waals surface area contributed by atoms with Gasteiger partial charge in [-0.25, -0.2) is 4.98 Å². The molecular formula is C28H36F3N5O2. The third-order valence-electron chi connectivity index (χ3n) is 8.47. The van der Waals surface area contributed by atoms with Crippen LogP contribution in [-0.4, -0.2) is 62.5 Å². The second-order valence-corrected chi connectivity index (χ2v) is 11.0. The molecule has 1 aromatic heterocycles. The number of nitrogens with one attached hydrogen (secondary N) is 1. The highest BCUT2D eigenvalue weighted by atomic mass is 19.4. The number of hydrogen-bond acceptors (Lipinski definition) is 4. The SMILES string of the molecule is CC(=O)N1CCc2nc(C)n(C3C[C@H]4CC[C@@H](C3)N4CC[C@H](NC(=O)CC(F)(F)F)c3ccccc3)c2C1. The van der Waals surface area contributed by atoms with Gasteiger partial charge in [-0.2, -0.15) is 13.2 Å². The van der Waals surface area contributed by atoms with Gasteiger partial charge in [-0.1, -0.05) is 30.3 Å². The Labute approximate surface area is 221 Å². The number of carbonyl (C=O) groups excluding carboxylic acids is 2. The van der Waals surface area contributed by atoms with Crippen molar-refractivity contribution in [3.63, 3.8) is 0 Å². The van der Waals surface area contributed by atoms with Gasteiger partial charge in [0.25, 0.3) is 0 Å². The van der Waals surface area contributed by atoms with Crippen molar-refractivity contribution in [2.75, 3.05) is 13.1 Å². The molecule has 0 spiro atoms. The number of benzene rings is 1. The third kappa shape index (κ3) is 5.75. The Morgan fingerprint density at radius 1 is 1.11 bits per heavy atom. The van der Waals surface area contributed by atoms with Crippen LogP contribution in [0.4, 0.5) is 13.2 Å². The lowest BCUT2D eigenvalue weighted by Crippen LogP contribution is -2.45. The number of alkyl halides is 3. The second-order valence-electron chi connectivity index (χ2n) is 11.0. The summed E-state index contributed by atoms with van der Waals surface area (Å²) in [7, 11) is 0. The highest BCUT2D eigenvalue weighted by Gasteiger charge is 2.42. The molecule has 4 atom stereocenters. The van der Waals surface area contributed by atoms with Crippen molar-refractivity contribution in [3.05, 3.63) is 53.1 Å². The van der Waals surface area contributed by atoms with Crippen molar-refractivity contribution in [1.82, 2.24) is 24.7 Å². The molecule has 1 unspecified atom stereocenters. The van der Waals surface area contributed by atoms with Crippen LogP contribution in [0.5, 0.6) is 0 Å². The highest BCUT2D eigenvalue weighted by molar-refractivity contribution is 5.77. The molecule has 1 aromatic carbocycles. The van der Waals surface area contributed by atoms with E-state index in [0.717, 1.165) is 49.2 Å². The van der Waals surface area contributed by atoms with Crippen molar-refractivity contribution >= 4 is 11.8 Å². The summed E-state index contributed by atoms with van der Waals surface area (Å²) in [5.41, 5.74) is 3.09. The molecule has 2 bridgehead atoms. The Hall–Kier alpha value is -2.88. The van der Waals surface area contributed by atoms with E-state index < -0.39 is 24.5 Å². The van der Waals surface area contributed by atoms with Gasteiger partial charge in [-0.3, -0.25) is 14.5 Å². The van der Waals surface area contributed by atoms with E-state index in [1.165, 1.54) is 5.69 Å². The molecule has 0 saturated carbocycles. The molecule has 10 heteroatoms. The fraction of sp³-hybridized carbons (Fsp3) is 0.607. The van der Waals surface area contributed by atoms with Crippen LogP contribution in [0.15, 0.2) is 30.3 Å². The fourth-order valence-corrected chi connectivity index (χ4v) is 6.80. The van der Waals surface area contributed by atoms with Gasteiger partial charge in [0, 0.05) is 44.6 Å². The summed E-state index contributed by atoms with van der Waals surface area (Å²) in [6, 6.07) is 9.87. The lowest BCUT2D eigenvalue weighted by atomic mass is 9.95. The Kier molecular flexibility index (Phi) is 7.53. The number of amides is 2. The Morgan fingerprint density at radius 3 is 2.42 bits per heavy atom. The fourth-order valence-electron chi connectivity index (χ4n) is 6.80. The zero-order valence-electron chi connectivity index (χ0n) is 22.0. The Morgan fingerprint density at radius 2 is 1.79 bits per heavy atom. The molecule has 3 aliphatic rings. The van der Waals surface area contributed by atoms with Crippen molar-refractivity contribution in [2.24, 2.45) is 0 Å². The first-order valence-corrected chi connectivity index (χ1v) is 13.6. The standard InChI is InChI=1S/C28H36F3N5O2/c1-18-32-25-10-12-34(19(2)37)17-26(25)36(18)23-14-21-8-9-22(15-23)35(21)13-11-24(20-6-4-3-5-7-20)33-27(38)16-28(29,30)31/h3-7,21-24H,8-17H2,1-2H3,(H,33,38)/t21-,22+,23?,24-/m0/s1. The predicted octanol–water partition coefficient (Wildman–Crippen LogP) is 4.46. The molecular weight excluding hydrogens is 495 g/mol. The number of fused-ring (bicyclic) bond motifs is 3. The number of piperidine rings is 1. The Bertz CT molecular complexity index is 1150. The van der Waals surface area contributed by atoms with Gasteiger partial charge >= 0.3 is 6.18 Å². The first kappa shape index (κ1) is 26.7. The minimum absolute atomic E-state index is 0.0891. The number of rotatable bonds is 7. The molecule has 0 aliphatic carbocycles. The summed E-state index contributed by atoms with van der Waals surface area (Å²) in [5, 5.41) is 2.64. The van der Waals surface area contributed by atoms with Crippen molar-refractivity contribution in [3.8, 4) is 0 Å². The number of aromatic nitrogens is 2. The monoisotopic (exact) mass is 531 g/mol. The molecule has 2 fully saturated rings. The van der Waals surface area contributed by atoms with E-state index in [-0.39, 0.29) is 5.91 Å². The molecule has 7 nitrogen and oxygen atoms in total. The number of aryl methyl sites for hydroxylation is 1. The van der Waals surface area contributed by atoms with Crippen LogP contribution in [-0.2, 0) is 22.6 Å². The van der Waals surface area contributed by atoms with E-state index in [1.54, 1.807) is 6.92 Å². The Balaban J connectivity index is 1.27. The quantitative estimate of drug-likeness (QED) is 0.573. The smallest absolute Gasteiger partial charge is 0.349 e. The van der Waals surface area contributed by atoms with Crippen LogP contribution in [0.1, 0.15) is 80.3 Å². The molecule has 206 valence electrons. The van der Waals surface area contributed by atoms with E-state index in [9.17, 15) is 22.8 Å². The summed E-state index contributed by atoms with van der Waals surface area (Å²) in [5.74, 6) is 0.106. The van der Waals surface area contributed by atoms with Gasteiger partial charge in [0.05, 0.1) is 24.0 Å². The highest BCUT2D eigenvalue weighted by Crippen LogP contribution is 2.43. The molecule has 0 radical (unpaired) electrons. The molecule has 38 heavy (non-hydrogen) atoms. The van der Waals surface area contributed by atoms with Crippen LogP contribution < -0.4 is 5.32 Å².